The molecular weight excluding hydrogens is 335 g/mol. The number of fused-ring (bicyclic) bond motifs is 1. The van der Waals surface area contributed by atoms with E-state index < -0.39 is 0 Å². The molecule has 0 aliphatic carbocycles. The Kier molecular flexibility index (Phi) is 3.82. The van der Waals surface area contributed by atoms with Crippen molar-refractivity contribution in [1.29, 1.82) is 5.26 Å². The maximum Gasteiger partial charge on any atom is 0.222 e. The molecule has 23 heavy (non-hydrogen) atoms. The molecule has 0 bridgehead atoms. The topological polar surface area (TPSA) is 114 Å². The molecule has 0 spiro atoms. The number of para-hydroxylation sites is 1. The quantitative estimate of drug-likeness (QED) is 0.652. The van der Waals surface area contributed by atoms with Gasteiger partial charge in [-0.05, 0) is 12.1 Å². The molecule has 114 valence electrons. The second-order valence-electron chi connectivity index (χ2n) is 4.67. The third-order valence-corrected chi connectivity index (χ3v) is 3.97. The fourth-order valence-corrected chi connectivity index (χ4v) is 2.82. The van der Waals surface area contributed by atoms with Gasteiger partial charge in [0, 0.05) is 5.69 Å². The average Bonchev–Trinajstić information content (AvgIpc) is 2.53. The number of nitrogens with zero attached hydrogens (tertiary/aromatic N) is 3. The van der Waals surface area contributed by atoms with Crippen LogP contribution in [0.1, 0.15) is 5.56 Å². The maximum atomic E-state index is 9.47. The van der Waals surface area contributed by atoms with Crippen LogP contribution in [0.5, 0.6) is 0 Å². The molecule has 8 heteroatoms. The second-order valence-corrected chi connectivity index (χ2v) is 5.43. The summed E-state index contributed by atoms with van der Waals surface area (Å²) in [6, 6.07) is 11.3. The van der Waals surface area contributed by atoms with Crippen molar-refractivity contribution in [3.8, 4) is 6.07 Å². The van der Waals surface area contributed by atoms with Crippen molar-refractivity contribution in [2.75, 3.05) is 16.8 Å². The van der Waals surface area contributed by atoms with Gasteiger partial charge in [0.2, 0.25) is 5.95 Å². The van der Waals surface area contributed by atoms with E-state index in [9.17, 15) is 5.26 Å². The highest BCUT2D eigenvalue weighted by atomic mass is 35.5. The van der Waals surface area contributed by atoms with Gasteiger partial charge >= 0.3 is 0 Å². The molecule has 3 rings (SSSR count). The molecule has 0 aliphatic rings. The fourth-order valence-electron chi connectivity index (χ4n) is 2.22. The lowest BCUT2D eigenvalue weighted by Gasteiger charge is -2.15. The van der Waals surface area contributed by atoms with Gasteiger partial charge in [-0.25, -0.2) is 4.98 Å². The van der Waals surface area contributed by atoms with Gasteiger partial charge in [0.05, 0.1) is 26.7 Å². The van der Waals surface area contributed by atoms with Gasteiger partial charge in [-0.3, -0.25) is 0 Å². The smallest absolute Gasteiger partial charge is 0.222 e. The van der Waals surface area contributed by atoms with Crippen LogP contribution < -0.4 is 16.8 Å². The van der Waals surface area contributed by atoms with E-state index in [0.29, 0.717) is 16.6 Å². The van der Waals surface area contributed by atoms with Gasteiger partial charge in [0.15, 0.2) is 0 Å². The molecule has 5 N–H and O–H groups in total. The Morgan fingerprint density at radius 1 is 1.04 bits per heavy atom. The minimum absolute atomic E-state index is 0.0247. The lowest BCUT2D eigenvalue weighted by molar-refractivity contribution is 1.24. The monoisotopic (exact) mass is 344 g/mol. The van der Waals surface area contributed by atoms with Gasteiger partial charge in [-0.2, -0.15) is 10.2 Å². The largest absolute Gasteiger partial charge is 0.383 e. The molecule has 3 aromatic rings. The first-order valence-corrected chi connectivity index (χ1v) is 7.24. The number of nitrogen functional groups attached to an aromatic ring is 2. The summed E-state index contributed by atoms with van der Waals surface area (Å²) in [6.07, 6.45) is 0. The minimum Gasteiger partial charge on any atom is -0.383 e. The van der Waals surface area contributed by atoms with Gasteiger partial charge < -0.3 is 16.8 Å². The molecule has 0 amide bonds. The molecule has 0 unspecified atom stereocenters. The van der Waals surface area contributed by atoms with E-state index in [2.05, 4.69) is 15.3 Å². The van der Waals surface area contributed by atoms with Crippen molar-refractivity contribution < 1.29 is 0 Å². The molecule has 0 saturated carbocycles. The van der Waals surface area contributed by atoms with Crippen LogP contribution in [0.4, 0.5) is 23.1 Å². The van der Waals surface area contributed by atoms with Crippen molar-refractivity contribution >= 4 is 57.2 Å². The summed E-state index contributed by atoms with van der Waals surface area (Å²) in [5, 5.41) is 13.2. The standard InChI is InChI=1S/C15H10Cl2N6/c16-10-8(6-18)12(21-7-4-2-1-3-5-7)11(17)13-9(10)14(19)23-15(20)22-13/h1-5,21H,(H4,19,20,22,23). The zero-order valence-electron chi connectivity index (χ0n) is 11.6. The maximum absolute atomic E-state index is 9.47. The number of nitriles is 1. The summed E-state index contributed by atoms with van der Waals surface area (Å²) in [6.45, 7) is 0. The number of hydrogen-bond acceptors (Lipinski definition) is 6. The Morgan fingerprint density at radius 3 is 2.39 bits per heavy atom. The number of rotatable bonds is 2. The summed E-state index contributed by atoms with van der Waals surface area (Å²) >= 11 is 12.7. The molecule has 2 aromatic carbocycles. The van der Waals surface area contributed by atoms with Crippen LogP contribution in [0, 0.1) is 11.3 Å². The van der Waals surface area contributed by atoms with Crippen LogP contribution in [0.3, 0.4) is 0 Å². The van der Waals surface area contributed by atoms with Gasteiger partial charge in [-0.1, -0.05) is 41.4 Å². The molecule has 1 aromatic heterocycles. The molecule has 0 fully saturated rings. The highest BCUT2D eigenvalue weighted by Crippen LogP contribution is 2.42. The summed E-state index contributed by atoms with van der Waals surface area (Å²) in [4.78, 5) is 7.96. The number of nitrogens with one attached hydrogen (secondary N) is 1. The minimum atomic E-state index is -0.0247. The Bertz CT molecular complexity index is 950. The Balaban J connectivity index is 2.34. The zero-order valence-corrected chi connectivity index (χ0v) is 13.2. The second kappa shape index (κ2) is 5.80. The predicted octanol–water partition coefficient (Wildman–Crippen LogP) is 3.72. The number of anilines is 4. The highest BCUT2D eigenvalue weighted by Gasteiger charge is 2.21. The van der Waals surface area contributed by atoms with Gasteiger partial charge in [0.1, 0.15) is 17.4 Å². The fraction of sp³-hybridized carbons (Fsp3) is 0. The highest BCUT2D eigenvalue weighted by molar-refractivity contribution is 6.44. The van der Waals surface area contributed by atoms with E-state index in [-0.39, 0.29) is 27.4 Å². The van der Waals surface area contributed by atoms with Crippen molar-refractivity contribution in [3.63, 3.8) is 0 Å². The van der Waals surface area contributed by atoms with E-state index in [1.54, 1.807) is 0 Å². The van der Waals surface area contributed by atoms with Crippen LogP contribution in [0.2, 0.25) is 10.0 Å². The van der Waals surface area contributed by atoms with E-state index in [1.165, 1.54) is 0 Å². The number of benzene rings is 2. The average molecular weight is 345 g/mol. The predicted molar refractivity (Wildman–Crippen MR) is 92.8 cm³/mol. The van der Waals surface area contributed by atoms with Crippen LogP contribution in [-0.4, -0.2) is 9.97 Å². The molecule has 1 heterocycles. The molecule has 0 atom stereocenters. The molecule has 6 nitrogen and oxygen atoms in total. The number of aromatic nitrogens is 2. The summed E-state index contributed by atoms with van der Waals surface area (Å²) < 4.78 is 0. The number of hydrogen-bond donors (Lipinski definition) is 3. The summed E-state index contributed by atoms with van der Waals surface area (Å²) in [5.41, 5.74) is 13.0. The molecule has 0 aliphatic heterocycles. The van der Waals surface area contributed by atoms with E-state index in [0.717, 1.165) is 5.69 Å². The molecule has 0 radical (unpaired) electrons. The Hall–Kier alpha value is -2.75. The van der Waals surface area contributed by atoms with Crippen molar-refractivity contribution in [3.05, 3.63) is 45.9 Å². The lowest BCUT2D eigenvalue weighted by Crippen LogP contribution is -2.04. The van der Waals surface area contributed by atoms with Crippen molar-refractivity contribution in [2.24, 2.45) is 0 Å². The first-order chi connectivity index (χ1) is 11.0. The zero-order chi connectivity index (χ0) is 16.6. The van der Waals surface area contributed by atoms with Crippen molar-refractivity contribution in [1.82, 2.24) is 9.97 Å². The van der Waals surface area contributed by atoms with E-state index >= 15 is 0 Å². The Morgan fingerprint density at radius 2 is 1.74 bits per heavy atom. The Labute approximate surface area is 141 Å². The van der Waals surface area contributed by atoms with Crippen LogP contribution in [-0.2, 0) is 0 Å². The molecule has 0 saturated heterocycles. The van der Waals surface area contributed by atoms with E-state index in [4.69, 9.17) is 34.7 Å². The van der Waals surface area contributed by atoms with Crippen molar-refractivity contribution in [2.45, 2.75) is 0 Å². The first kappa shape index (κ1) is 15.2. The van der Waals surface area contributed by atoms with Crippen LogP contribution in [0.15, 0.2) is 30.3 Å². The third-order valence-electron chi connectivity index (χ3n) is 3.23. The lowest BCUT2D eigenvalue weighted by atomic mass is 10.1. The molecular formula is C15H10Cl2N6. The van der Waals surface area contributed by atoms with E-state index in [1.807, 2.05) is 36.4 Å². The summed E-state index contributed by atoms with van der Waals surface area (Å²) in [5.74, 6) is 0.0468. The van der Waals surface area contributed by atoms with Gasteiger partial charge in [0.25, 0.3) is 0 Å². The third kappa shape index (κ3) is 2.57. The first-order valence-electron chi connectivity index (χ1n) is 6.48. The van der Waals surface area contributed by atoms with Crippen LogP contribution in [0.25, 0.3) is 10.9 Å². The normalized spacial score (nSPS) is 10.5. The van der Waals surface area contributed by atoms with Gasteiger partial charge in [-0.15, -0.1) is 0 Å². The number of nitrogens with two attached hydrogens (primary N) is 2. The van der Waals surface area contributed by atoms with Crippen LogP contribution >= 0.6 is 23.2 Å². The SMILES string of the molecule is N#Cc1c(Nc2ccccc2)c(Cl)c2nc(N)nc(N)c2c1Cl. The summed E-state index contributed by atoms with van der Waals surface area (Å²) in [7, 11) is 0. The number of halogens is 2.